The summed E-state index contributed by atoms with van der Waals surface area (Å²) in [5.74, 6) is 0.790. The van der Waals surface area contributed by atoms with Crippen LogP contribution in [0, 0.1) is 0 Å². The summed E-state index contributed by atoms with van der Waals surface area (Å²) in [4.78, 5) is 14.0. The highest BCUT2D eigenvalue weighted by Crippen LogP contribution is 2.12. The minimum Gasteiger partial charge on any atom is -0.497 e. The minimum atomic E-state index is -0.153. The Hall–Kier alpha value is -2.69. The Morgan fingerprint density at radius 2 is 1.88 bits per heavy atom. The number of urea groups is 1. The number of benzene rings is 2. The summed E-state index contributed by atoms with van der Waals surface area (Å²) >= 11 is 0. The monoisotopic (exact) mass is 327 g/mol. The van der Waals surface area contributed by atoms with E-state index < -0.39 is 0 Å². The standard InChI is InChI=1S/C19H25N3O2/c1-22(17-9-4-3-5-10-17)13-7-12-20-19(23)21-15-16-8-6-11-18(14-16)24-2/h3-6,8-11,14H,7,12-13,15H2,1-2H3,(H2,20,21,23). The van der Waals surface area contributed by atoms with Crippen molar-refractivity contribution < 1.29 is 9.53 Å². The molecule has 0 fully saturated rings. The molecule has 0 radical (unpaired) electrons. The van der Waals surface area contributed by atoms with Crippen molar-refractivity contribution in [2.45, 2.75) is 13.0 Å². The van der Waals surface area contributed by atoms with E-state index >= 15 is 0 Å². The molecule has 2 rings (SSSR count). The lowest BCUT2D eigenvalue weighted by atomic mass is 10.2. The summed E-state index contributed by atoms with van der Waals surface area (Å²) in [6, 6.07) is 17.7. The number of para-hydroxylation sites is 1. The molecule has 0 heterocycles. The van der Waals surface area contributed by atoms with Gasteiger partial charge in [-0.3, -0.25) is 0 Å². The van der Waals surface area contributed by atoms with Crippen LogP contribution in [0.3, 0.4) is 0 Å². The number of carbonyl (C=O) groups is 1. The van der Waals surface area contributed by atoms with E-state index in [4.69, 9.17) is 4.74 Å². The molecule has 2 amide bonds. The van der Waals surface area contributed by atoms with Crippen LogP contribution in [0.4, 0.5) is 10.5 Å². The third-order valence-corrected chi connectivity index (χ3v) is 3.74. The SMILES string of the molecule is COc1cccc(CNC(=O)NCCCN(C)c2ccccc2)c1. The number of amides is 2. The number of methoxy groups -OCH3 is 1. The van der Waals surface area contributed by atoms with E-state index in [2.05, 4.69) is 34.7 Å². The smallest absolute Gasteiger partial charge is 0.315 e. The van der Waals surface area contributed by atoms with Crippen LogP contribution in [0.5, 0.6) is 5.75 Å². The first-order valence-electron chi connectivity index (χ1n) is 8.10. The van der Waals surface area contributed by atoms with Crippen LogP contribution in [0.15, 0.2) is 54.6 Å². The molecule has 0 aliphatic heterocycles. The van der Waals surface area contributed by atoms with Crippen molar-refractivity contribution >= 4 is 11.7 Å². The van der Waals surface area contributed by atoms with Crippen LogP contribution in [-0.2, 0) is 6.54 Å². The second-order valence-corrected chi connectivity index (χ2v) is 5.57. The Morgan fingerprint density at radius 3 is 2.62 bits per heavy atom. The topological polar surface area (TPSA) is 53.6 Å². The van der Waals surface area contributed by atoms with E-state index in [1.54, 1.807) is 7.11 Å². The van der Waals surface area contributed by atoms with E-state index in [-0.39, 0.29) is 6.03 Å². The Kier molecular flexibility index (Phi) is 6.95. The lowest BCUT2D eigenvalue weighted by Crippen LogP contribution is -2.36. The molecule has 2 N–H and O–H groups in total. The molecule has 5 heteroatoms. The van der Waals surface area contributed by atoms with Gasteiger partial charge in [-0.15, -0.1) is 0 Å². The summed E-state index contributed by atoms with van der Waals surface area (Å²) in [5, 5.41) is 5.73. The molecule has 128 valence electrons. The highest BCUT2D eigenvalue weighted by molar-refractivity contribution is 5.73. The predicted octanol–water partition coefficient (Wildman–Crippen LogP) is 3.02. The number of rotatable bonds is 8. The molecule has 0 saturated carbocycles. The zero-order valence-electron chi connectivity index (χ0n) is 14.3. The number of anilines is 1. The van der Waals surface area contributed by atoms with E-state index in [0.717, 1.165) is 24.3 Å². The molecule has 0 aromatic heterocycles. The van der Waals surface area contributed by atoms with Gasteiger partial charge in [-0.2, -0.15) is 0 Å². The molecule has 24 heavy (non-hydrogen) atoms. The lowest BCUT2D eigenvalue weighted by molar-refractivity contribution is 0.240. The summed E-state index contributed by atoms with van der Waals surface area (Å²) in [6.45, 7) is 2.01. The average Bonchev–Trinajstić information content (AvgIpc) is 2.64. The molecule has 0 aliphatic rings. The van der Waals surface area contributed by atoms with Gasteiger partial charge in [0.15, 0.2) is 0 Å². The highest BCUT2D eigenvalue weighted by atomic mass is 16.5. The van der Waals surface area contributed by atoms with Gasteiger partial charge in [0.25, 0.3) is 0 Å². The molecule has 0 spiro atoms. The Labute approximate surface area is 143 Å². The molecule has 0 saturated heterocycles. The van der Waals surface area contributed by atoms with Crippen molar-refractivity contribution in [1.29, 1.82) is 0 Å². The lowest BCUT2D eigenvalue weighted by Gasteiger charge is -2.19. The Morgan fingerprint density at radius 1 is 1.08 bits per heavy atom. The molecular weight excluding hydrogens is 302 g/mol. The van der Waals surface area contributed by atoms with Crippen molar-refractivity contribution in [3.63, 3.8) is 0 Å². The van der Waals surface area contributed by atoms with Gasteiger partial charge in [0.05, 0.1) is 7.11 Å². The van der Waals surface area contributed by atoms with Gasteiger partial charge in [-0.1, -0.05) is 30.3 Å². The quantitative estimate of drug-likeness (QED) is 0.733. The first-order valence-corrected chi connectivity index (χ1v) is 8.10. The van der Waals surface area contributed by atoms with Crippen molar-refractivity contribution in [1.82, 2.24) is 10.6 Å². The molecule has 0 unspecified atom stereocenters. The number of carbonyl (C=O) groups excluding carboxylic acids is 1. The van der Waals surface area contributed by atoms with Crippen LogP contribution < -0.4 is 20.3 Å². The predicted molar refractivity (Wildman–Crippen MR) is 97.6 cm³/mol. The number of hydrogen-bond acceptors (Lipinski definition) is 3. The number of nitrogens with zero attached hydrogens (tertiary/aromatic N) is 1. The molecule has 0 bridgehead atoms. The van der Waals surface area contributed by atoms with Gasteiger partial charge in [-0.25, -0.2) is 4.79 Å². The molecular formula is C19H25N3O2. The van der Waals surface area contributed by atoms with E-state index in [1.165, 1.54) is 5.69 Å². The number of hydrogen-bond donors (Lipinski definition) is 2. The molecule has 5 nitrogen and oxygen atoms in total. The van der Waals surface area contributed by atoms with Crippen LogP contribution in [0.2, 0.25) is 0 Å². The third kappa shape index (κ3) is 5.83. The fourth-order valence-electron chi connectivity index (χ4n) is 2.36. The number of ether oxygens (including phenoxy) is 1. The van der Waals surface area contributed by atoms with Gasteiger partial charge in [0, 0.05) is 32.4 Å². The van der Waals surface area contributed by atoms with E-state index in [1.807, 2.05) is 42.5 Å². The fraction of sp³-hybridized carbons (Fsp3) is 0.316. The summed E-state index contributed by atoms with van der Waals surface area (Å²) in [7, 11) is 3.68. The highest BCUT2D eigenvalue weighted by Gasteiger charge is 2.03. The second kappa shape index (κ2) is 9.45. The normalized spacial score (nSPS) is 10.1. The van der Waals surface area contributed by atoms with E-state index in [0.29, 0.717) is 13.1 Å². The maximum Gasteiger partial charge on any atom is 0.315 e. The van der Waals surface area contributed by atoms with E-state index in [9.17, 15) is 4.79 Å². The maximum atomic E-state index is 11.8. The van der Waals surface area contributed by atoms with Crippen LogP contribution in [0.25, 0.3) is 0 Å². The molecule has 2 aromatic rings. The van der Waals surface area contributed by atoms with Crippen molar-refractivity contribution in [2.75, 3.05) is 32.1 Å². The zero-order valence-corrected chi connectivity index (χ0v) is 14.3. The van der Waals surface area contributed by atoms with Gasteiger partial charge in [0.2, 0.25) is 0 Å². The summed E-state index contributed by atoms with van der Waals surface area (Å²) < 4.78 is 5.17. The fourth-order valence-corrected chi connectivity index (χ4v) is 2.36. The van der Waals surface area contributed by atoms with Gasteiger partial charge in [-0.05, 0) is 36.2 Å². The first kappa shape index (κ1) is 17.7. The molecule has 0 aliphatic carbocycles. The van der Waals surface area contributed by atoms with Crippen molar-refractivity contribution in [3.05, 3.63) is 60.2 Å². The Balaban J connectivity index is 1.63. The zero-order chi connectivity index (χ0) is 17.2. The van der Waals surface area contributed by atoms with Gasteiger partial charge in [0.1, 0.15) is 5.75 Å². The third-order valence-electron chi connectivity index (χ3n) is 3.74. The van der Waals surface area contributed by atoms with Gasteiger partial charge < -0.3 is 20.3 Å². The Bertz CT molecular complexity index is 632. The van der Waals surface area contributed by atoms with Crippen LogP contribution >= 0.6 is 0 Å². The largest absolute Gasteiger partial charge is 0.497 e. The molecule has 2 aromatic carbocycles. The first-order chi connectivity index (χ1) is 11.7. The van der Waals surface area contributed by atoms with Crippen molar-refractivity contribution in [2.24, 2.45) is 0 Å². The average molecular weight is 327 g/mol. The summed E-state index contributed by atoms with van der Waals surface area (Å²) in [6.07, 6.45) is 0.887. The van der Waals surface area contributed by atoms with Crippen molar-refractivity contribution in [3.8, 4) is 5.75 Å². The minimum absolute atomic E-state index is 0.153. The summed E-state index contributed by atoms with van der Waals surface area (Å²) in [5.41, 5.74) is 2.19. The van der Waals surface area contributed by atoms with Crippen LogP contribution in [0.1, 0.15) is 12.0 Å². The second-order valence-electron chi connectivity index (χ2n) is 5.57. The van der Waals surface area contributed by atoms with Gasteiger partial charge >= 0.3 is 6.03 Å². The molecule has 0 atom stereocenters. The maximum absolute atomic E-state index is 11.8. The number of nitrogens with one attached hydrogen (secondary N) is 2. The van der Waals surface area contributed by atoms with Crippen LogP contribution in [-0.4, -0.2) is 33.3 Å².